The second-order valence-electron chi connectivity index (χ2n) is 9.42. The molecule has 0 aliphatic carbocycles. The molecule has 3 aromatic rings. The number of carbonyl (C=O) groups is 2. The normalized spacial score (nSPS) is 17.8. The van der Waals surface area contributed by atoms with Crippen LogP contribution in [-0.4, -0.2) is 71.5 Å². The van der Waals surface area contributed by atoms with Crippen LogP contribution in [0.3, 0.4) is 0 Å². The van der Waals surface area contributed by atoms with Gasteiger partial charge in [0, 0.05) is 57.1 Å². The first kappa shape index (κ1) is 24.5. The van der Waals surface area contributed by atoms with Crippen molar-refractivity contribution in [3.05, 3.63) is 60.0 Å². The number of pyridine rings is 1. The summed E-state index contributed by atoms with van der Waals surface area (Å²) in [5.74, 6) is 3.30. The maximum Gasteiger partial charge on any atom is 0.228 e. The van der Waals surface area contributed by atoms with E-state index in [1.54, 1.807) is 18.2 Å². The van der Waals surface area contributed by atoms with E-state index in [-0.39, 0.29) is 24.2 Å². The van der Waals surface area contributed by atoms with Gasteiger partial charge >= 0.3 is 0 Å². The van der Waals surface area contributed by atoms with Gasteiger partial charge in [0.2, 0.25) is 11.8 Å². The molecule has 2 aliphatic rings. The molecule has 0 bridgehead atoms. The first-order valence-electron chi connectivity index (χ1n) is 12.4. The molecule has 10 heteroatoms. The van der Waals surface area contributed by atoms with Crippen molar-refractivity contribution in [2.24, 2.45) is 5.92 Å². The Kier molecular flexibility index (Phi) is 6.89. The van der Waals surface area contributed by atoms with E-state index in [0.717, 1.165) is 28.6 Å². The van der Waals surface area contributed by atoms with Crippen LogP contribution in [0.25, 0.3) is 0 Å². The molecule has 1 aromatic carbocycles. The van der Waals surface area contributed by atoms with Crippen LogP contribution >= 0.6 is 0 Å². The van der Waals surface area contributed by atoms with E-state index >= 15 is 0 Å². The van der Waals surface area contributed by atoms with Gasteiger partial charge in [0.25, 0.3) is 0 Å². The fraction of sp³-hybridized carbons (Fsp3) is 0.370. The topological polar surface area (TPSA) is 104 Å². The minimum atomic E-state index is -0.333. The number of piperazine rings is 1. The van der Waals surface area contributed by atoms with Gasteiger partial charge in [-0.2, -0.15) is 0 Å². The summed E-state index contributed by atoms with van der Waals surface area (Å²) in [6, 6.07) is 13.2. The van der Waals surface area contributed by atoms with E-state index in [0.29, 0.717) is 44.4 Å². The van der Waals surface area contributed by atoms with Gasteiger partial charge in [-0.15, -0.1) is 0 Å². The minimum Gasteiger partial charge on any atom is -0.497 e. The molecule has 0 saturated carbocycles. The van der Waals surface area contributed by atoms with E-state index in [4.69, 9.17) is 4.74 Å². The number of ether oxygens (including phenoxy) is 1. The zero-order valence-electron chi connectivity index (χ0n) is 21.3. The Morgan fingerprint density at radius 1 is 1.00 bits per heavy atom. The Morgan fingerprint density at radius 2 is 1.76 bits per heavy atom. The highest BCUT2D eigenvalue weighted by Crippen LogP contribution is 2.28. The van der Waals surface area contributed by atoms with E-state index in [1.807, 2.05) is 61.2 Å². The van der Waals surface area contributed by atoms with E-state index in [1.165, 1.54) is 0 Å². The molecular weight excluding hydrogens is 470 g/mol. The van der Waals surface area contributed by atoms with Crippen LogP contribution in [0.4, 0.5) is 23.1 Å². The molecule has 2 saturated heterocycles. The van der Waals surface area contributed by atoms with Crippen molar-refractivity contribution in [3.8, 4) is 5.75 Å². The number of aryl methyl sites for hydroxylation is 2. The van der Waals surface area contributed by atoms with E-state index in [2.05, 4.69) is 25.2 Å². The Balaban J connectivity index is 1.20. The number of amides is 2. The number of methoxy groups -OCH3 is 1. The van der Waals surface area contributed by atoms with Crippen LogP contribution < -0.4 is 19.9 Å². The zero-order chi connectivity index (χ0) is 25.9. The van der Waals surface area contributed by atoms with Crippen LogP contribution in [0.2, 0.25) is 0 Å². The standard InChI is InChI=1S/C27H31N7O3/c1-18-8-9-28-23(14-18)31-24-16-25(30-19(2)29-24)32-10-12-33(13-11-32)27(36)20-15-26(35)34(17-20)21-4-6-22(37-3)7-5-21/h4-9,14,16,20H,10-13,15,17H2,1-3H3,(H,28,29,30,31). The van der Waals surface area contributed by atoms with Gasteiger partial charge in [-0.1, -0.05) is 0 Å². The van der Waals surface area contributed by atoms with Gasteiger partial charge in [0.1, 0.15) is 29.0 Å². The summed E-state index contributed by atoms with van der Waals surface area (Å²) < 4.78 is 5.20. The van der Waals surface area contributed by atoms with Crippen LogP contribution in [-0.2, 0) is 9.59 Å². The minimum absolute atomic E-state index is 0.0262. The first-order valence-corrected chi connectivity index (χ1v) is 12.4. The fourth-order valence-corrected chi connectivity index (χ4v) is 4.81. The molecule has 2 aliphatic heterocycles. The number of carbonyl (C=O) groups excluding carboxylic acids is 2. The Bertz CT molecular complexity index is 1290. The Hall–Kier alpha value is -4.21. The molecule has 192 valence electrons. The highest BCUT2D eigenvalue weighted by Gasteiger charge is 2.38. The summed E-state index contributed by atoms with van der Waals surface area (Å²) in [4.78, 5) is 45.1. The van der Waals surface area contributed by atoms with Crippen molar-refractivity contribution >= 4 is 35.0 Å². The van der Waals surface area contributed by atoms with Gasteiger partial charge in [-0.25, -0.2) is 15.0 Å². The molecule has 2 aromatic heterocycles. The van der Waals surface area contributed by atoms with Gasteiger partial charge in [-0.05, 0) is 55.8 Å². The zero-order valence-corrected chi connectivity index (χ0v) is 21.3. The molecule has 37 heavy (non-hydrogen) atoms. The molecule has 2 amide bonds. The molecule has 1 atom stereocenters. The van der Waals surface area contributed by atoms with Crippen molar-refractivity contribution in [1.29, 1.82) is 0 Å². The van der Waals surface area contributed by atoms with Crippen LogP contribution in [0.5, 0.6) is 5.75 Å². The predicted molar refractivity (Wildman–Crippen MR) is 141 cm³/mol. The maximum absolute atomic E-state index is 13.3. The summed E-state index contributed by atoms with van der Waals surface area (Å²) in [6.45, 7) is 6.76. The summed E-state index contributed by atoms with van der Waals surface area (Å²) in [6.07, 6.45) is 2.00. The lowest BCUT2D eigenvalue weighted by atomic mass is 10.1. The maximum atomic E-state index is 13.3. The molecule has 5 rings (SSSR count). The summed E-state index contributed by atoms with van der Waals surface area (Å²) in [7, 11) is 1.61. The molecule has 0 radical (unpaired) electrons. The number of nitrogens with zero attached hydrogens (tertiary/aromatic N) is 6. The number of hydrogen-bond donors (Lipinski definition) is 1. The molecule has 0 spiro atoms. The van der Waals surface area contributed by atoms with Crippen molar-refractivity contribution < 1.29 is 14.3 Å². The molecule has 10 nitrogen and oxygen atoms in total. The SMILES string of the molecule is COc1ccc(N2CC(C(=O)N3CCN(c4cc(Nc5cc(C)ccn5)nc(C)n4)CC3)CC2=O)cc1. The Morgan fingerprint density at radius 3 is 2.46 bits per heavy atom. The number of anilines is 4. The third-order valence-electron chi connectivity index (χ3n) is 6.77. The highest BCUT2D eigenvalue weighted by atomic mass is 16.5. The van der Waals surface area contributed by atoms with Gasteiger partial charge in [0.05, 0.1) is 13.0 Å². The largest absolute Gasteiger partial charge is 0.497 e. The van der Waals surface area contributed by atoms with Gasteiger partial charge in [0.15, 0.2) is 0 Å². The Labute approximate surface area is 216 Å². The second-order valence-corrected chi connectivity index (χ2v) is 9.42. The van der Waals surface area contributed by atoms with E-state index in [9.17, 15) is 9.59 Å². The van der Waals surface area contributed by atoms with Crippen molar-refractivity contribution in [2.45, 2.75) is 20.3 Å². The average Bonchev–Trinajstić information content (AvgIpc) is 3.29. The number of nitrogens with one attached hydrogen (secondary N) is 1. The molecule has 2 fully saturated rings. The number of aromatic nitrogens is 3. The molecule has 1 N–H and O–H groups in total. The number of hydrogen-bond acceptors (Lipinski definition) is 8. The third kappa shape index (κ3) is 5.47. The quantitative estimate of drug-likeness (QED) is 0.550. The molecule has 4 heterocycles. The van der Waals surface area contributed by atoms with Crippen molar-refractivity contribution in [2.75, 3.05) is 55.0 Å². The molecular formula is C27H31N7O3. The highest BCUT2D eigenvalue weighted by molar-refractivity contribution is 6.00. The summed E-state index contributed by atoms with van der Waals surface area (Å²) in [5, 5.41) is 3.26. The summed E-state index contributed by atoms with van der Waals surface area (Å²) >= 11 is 0. The second kappa shape index (κ2) is 10.4. The summed E-state index contributed by atoms with van der Waals surface area (Å²) in [5.41, 5.74) is 1.90. The van der Waals surface area contributed by atoms with Gasteiger partial charge in [-0.3, -0.25) is 9.59 Å². The lowest BCUT2D eigenvalue weighted by molar-refractivity contribution is -0.136. The van der Waals surface area contributed by atoms with Crippen molar-refractivity contribution in [3.63, 3.8) is 0 Å². The van der Waals surface area contributed by atoms with Gasteiger partial charge < -0.3 is 24.8 Å². The van der Waals surface area contributed by atoms with Crippen LogP contribution in [0, 0.1) is 19.8 Å². The van der Waals surface area contributed by atoms with Crippen molar-refractivity contribution in [1.82, 2.24) is 19.9 Å². The smallest absolute Gasteiger partial charge is 0.228 e. The monoisotopic (exact) mass is 501 g/mol. The number of rotatable bonds is 6. The van der Waals surface area contributed by atoms with E-state index < -0.39 is 0 Å². The van der Waals surface area contributed by atoms with Crippen LogP contribution in [0.1, 0.15) is 17.8 Å². The first-order chi connectivity index (χ1) is 17.9. The third-order valence-corrected chi connectivity index (χ3v) is 6.77. The lowest BCUT2D eigenvalue weighted by Crippen LogP contribution is -2.51. The van der Waals surface area contributed by atoms with Crippen LogP contribution in [0.15, 0.2) is 48.7 Å². The number of benzene rings is 1. The fourth-order valence-electron chi connectivity index (χ4n) is 4.81. The predicted octanol–water partition coefficient (Wildman–Crippen LogP) is 2.94. The average molecular weight is 502 g/mol. The molecule has 1 unspecified atom stereocenters. The lowest BCUT2D eigenvalue weighted by Gasteiger charge is -2.36.